The fraction of sp³-hybridized carbons (Fsp3) is 0.489. The summed E-state index contributed by atoms with van der Waals surface area (Å²) in [5.74, 6) is 0.479. The zero-order chi connectivity index (χ0) is 80.7. The number of aliphatic hydroxyl groups is 8. The molecule has 9 aromatic rings. The number of aliphatic hydroxyl groups excluding tert-OH is 8. The molecular formula is C90H128Ir4N8O8-4. The van der Waals surface area contributed by atoms with Crippen molar-refractivity contribution in [3.05, 3.63) is 213 Å². The summed E-state index contributed by atoms with van der Waals surface area (Å²) in [5, 5.41) is 70.1. The number of hydrogen-bond donors (Lipinski definition) is 8. The molecule has 0 spiro atoms. The van der Waals surface area contributed by atoms with Gasteiger partial charge in [0, 0.05) is 133 Å². The molecule has 0 bridgehead atoms. The molecule has 5 aromatic carbocycles. The van der Waals surface area contributed by atoms with Gasteiger partial charge < -0.3 is 50.8 Å². The van der Waals surface area contributed by atoms with Gasteiger partial charge in [-0.1, -0.05) is 147 Å². The van der Waals surface area contributed by atoms with E-state index in [1.54, 1.807) is 66.6 Å². The predicted octanol–water partition coefficient (Wildman–Crippen LogP) is 17.6. The third-order valence-corrected chi connectivity index (χ3v) is 16.0. The molecule has 0 aliphatic heterocycles. The van der Waals surface area contributed by atoms with Crippen LogP contribution in [0.1, 0.15) is 215 Å². The van der Waals surface area contributed by atoms with Gasteiger partial charge in [-0.2, -0.15) is 0 Å². The molecule has 9 rings (SSSR count). The van der Waals surface area contributed by atoms with E-state index in [0.29, 0.717) is 25.7 Å². The summed E-state index contributed by atoms with van der Waals surface area (Å²) in [4.78, 5) is 35.2. The van der Waals surface area contributed by atoms with E-state index in [4.69, 9.17) is 30.6 Å². The summed E-state index contributed by atoms with van der Waals surface area (Å²) in [6.07, 6.45) is 7.44. The molecule has 0 aliphatic carbocycles. The molecule has 4 aromatic heterocycles. The first kappa shape index (κ1) is 109. The quantitative estimate of drug-likeness (QED) is 0.0444. The maximum absolute atomic E-state index is 9.39. The monoisotopic (exact) mass is 2220 g/mol. The minimum atomic E-state index is -0.375. The smallest absolute Gasteiger partial charge is 0.106 e. The zero-order valence-electron chi connectivity index (χ0n) is 70.5. The van der Waals surface area contributed by atoms with Crippen molar-refractivity contribution >= 4 is 0 Å². The largest absolute Gasteiger partial charge is 0.393 e. The number of aryl methyl sites for hydroxylation is 12. The molecule has 0 saturated heterocycles. The van der Waals surface area contributed by atoms with Crippen LogP contribution < -0.4 is 0 Å². The first-order chi connectivity index (χ1) is 49.1. The fourth-order valence-corrected chi connectivity index (χ4v) is 10.9. The molecule has 0 saturated carbocycles. The number of benzene rings is 5. The van der Waals surface area contributed by atoms with Gasteiger partial charge in [-0.25, -0.2) is 9.97 Å². The van der Waals surface area contributed by atoms with Crippen molar-refractivity contribution in [2.24, 2.45) is 11.8 Å². The first-order valence-corrected chi connectivity index (χ1v) is 37.0. The Balaban J connectivity index is -0.00000122. The van der Waals surface area contributed by atoms with E-state index in [1.807, 2.05) is 67.7 Å². The van der Waals surface area contributed by atoms with Gasteiger partial charge in [0.2, 0.25) is 0 Å². The van der Waals surface area contributed by atoms with Crippen LogP contribution in [0.5, 0.6) is 0 Å². The molecular weight excluding hydrogens is 2090 g/mol. The van der Waals surface area contributed by atoms with Gasteiger partial charge in [-0.05, 0) is 148 Å². The van der Waals surface area contributed by atoms with Crippen molar-refractivity contribution in [1.82, 2.24) is 39.9 Å². The van der Waals surface area contributed by atoms with Gasteiger partial charge >= 0.3 is 0 Å². The Bertz CT molecular complexity index is 3870. The summed E-state index contributed by atoms with van der Waals surface area (Å²) in [5.41, 5.74) is 26.0. The van der Waals surface area contributed by atoms with Crippen LogP contribution in [-0.4, -0.2) is 130 Å². The number of aromatic nitrogens is 8. The average molecular weight is 2220 g/mol. The Kier molecular flexibility index (Phi) is 53.2. The van der Waals surface area contributed by atoms with E-state index in [0.717, 1.165) is 101 Å². The normalized spacial score (nSPS) is 12.8. The van der Waals surface area contributed by atoms with Gasteiger partial charge in [0.05, 0.1) is 60.2 Å². The third-order valence-electron chi connectivity index (χ3n) is 16.0. The molecule has 4 radical (unpaired) electrons. The van der Waals surface area contributed by atoms with Crippen LogP contribution in [0.4, 0.5) is 0 Å². The molecule has 0 aliphatic rings. The van der Waals surface area contributed by atoms with Gasteiger partial charge in [0.1, 0.15) is 12.7 Å². The van der Waals surface area contributed by atoms with Crippen LogP contribution in [0.2, 0.25) is 0 Å². The third kappa shape index (κ3) is 44.4. The van der Waals surface area contributed by atoms with Crippen molar-refractivity contribution in [2.45, 2.75) is 279 Å². The molecule has 0 amide bonds. The number of nitrogens with zero attached hydrogens (tertiary/aromatic N) is 8. The molecule has 0 fully saturated rings. The summed E-state index contributed by atoms with van der Waals surface area (Å²) >= 11 is 0. The van der Waals surface area contributed by atoms with Crippen molar-refractivity contribution in [3.63, 3.8) is 0 Å². The van der Waals surface area contributed by atoms with E-state index in [9.17, 15) is 10.2 Å². The van der Waals surface area contributed by atoms with Gasteiger partial charge in [-0.15, -0.1) is 140 Å². The van der Waals surface area contributed by atoms with Gasteiger partial charge in [0.25, 0.3) is 0 Å². The molecule has 8 atom stereocenters. The Hall–Kier alpha value is -5.30. The topological polar surface area (TPSA) is 265 Å². The SMILES string of the molecule is CC(C)C(O)CC(O)C(C)C.CC(O)CC(C)O.CC(O)CC(C)O.CC(O)CC(C)O.Cc1[c-]c(-c2cc(-c3cc(C)cc(C)c3)ncn2)cc(C)c1.Cc1[c-]c(-c2cc(C(C)(C)C)ncn2)cc(C)c1.Cc1[c-]c(-c2ncc(C)nc2C)cc(C(C)(C)C)c1.Cc1[c-]c(-c2nccnc2C)cc(C)c1.[Ir].[Ir].[Ir].[Ir]. The summed E-state index contributed by atoms with van der Waals surface area (Å²) in [6, 6.07) is 41.0. The number of rotatable bonds is 15. The Morgan fingerprint density at radius 2 is 0.673 bits per heavy atom. The van der Waals surface area contributed by atoms with Crippen LogP contribution >= 0.6 is 0 Å². The molecule has 16 nitrogen and oxygen atoms in total. The van der Waals surface area contributed by atoms with Crippen LogP contribution in [-0.2, 0) is 91.3 Å². The average Bonchev–Trinajstić information content (AvgIpc) is 0.817. The van der Waals surface area contributed by atoms with Crippen molar-refractivity contribution in [1.29, 1.82) is 0 Å². The Morgan fingerprint density at radius 1 is 0.327 bits per heavy atom. The maximum atomic E-state index is 9.39. The molecule has 8 N–H and O–H groups in total. The Labute approximate surface area is 715 Å². The van der Waals surface area contributed by atoms with Gasteiger partial charge in [-0.3, -0.25) is 19.9 Å². The summed E-state index contributed by atoms with van der Waals surface area (Å²) in [7, 11) is 0. The van der Waals surface area contributed by atoms with Crippen LogP contribution in [0.25, 0.3) is 56.3 Å². The molecule has 616 valence electrons. The van der Waals surface area contributed by atoms with Crippen molar-refractivity contribution in [3.8, 4) is 56.3 Å². The van der Waals surface area contributed by atoms with Crippen LogP contribution in [0.15, 0.2) is 110 Å². The zero-order valence-corrected chi connectivity index (χ0v) is 80.1. The summed E-state index contributed by atoms with van der Waals surface area (Å²) < 4.78 is 0. The second kappa shape index (κ2) is 53.7. The second-order valence-electron chi connectivity index (χ2n) is 31.3. The fourth-order valence-electron chi connectivity index (χ4n) is 10.9. The van der Waals surface area contributed by atoms with Crippen molar-refractivity contribution in [2.75, 3.05) is 0 Å². The number of hydrogen-bond acceptors (Lipinski definition) is 16. The van der Waals surface area contributed by atoms with Crippen molar-refractivity contribution < 1.29 is 121 Å². The first-order valence-electron chi connectivity index (χ1n) is 37.0. The second-order valence-corrected chi connectivity index (χ2v) is 31.3. The summed E-state index contributed by atoms with van der Waals surface area (Å²) in [6.45, 7) is 55.6. The van der Waals surface area contributed by atoms with Gasteiger partial charge in [0.15, 0.2) is 0 Å². The van der Waals surface area contributed by atoms with Crippen LogP contribution in [0.3, 0.4) is 0 Å². The predicted molar refractivity (Wildman–Crippen MR) is 435 cm³/mol. The maximum Gasteiger partial charge on any atom is 0.106 e. The van der Waals surface area contributed by atoms with Crippen LogP contribution in [0, 0.1) is 119 Å². The van der Waals surface area contributed by atoms with E-state index < -0.39 is 0 Å². The molecule has 110 heavy (non-hydrogen) atoms. The standard InChI is InChI=1S/C20H19N2.C17H21N2.C16H19N2.C13H13N2.C9H20O2.3C5H12O2.4Ir/c1-13-5-14(2)8-17(7-13)19-11-20(22-12-21-19)18-9-15(3)6-16(4)10-18;1-11-7-14(9-15(8-11)17(4,5)6)16-13(3)19-12(2)10-18-16;1-11-6-12(2)8-13(7-11)14-9-15(16(3,4)5)18-10-17-14;1-9-6-10(2)8-12(7-9)13-11(3)14-4-5-15-13;1-6(2)8(10)5-9(11)7(3)4;3*1-4(6)3-5(2)7;;;;/h5-9,11-12H,1-4H3;8-10H,1-6H3;6-7,9-10H,1-5H3;4-7H,1-3H3;6-11H,5H2,1-4H3;3*4-7H,3H2,1-2H3;;;;/q4*-1;;;;;;;;. The van der Waals surface area contributed by atoms with E-state index >= 15 is 0 Å². The molecule has 8 unspecified atom stereocenters. The van der Waals surface area contributed by atoms with E-state index in [-0.39, 0.29) is 152 Å². The molecule has 20 heteroatoms. The van der Waals surface area contributed by atoms with E-state index in [2.05, 4.69) is 234 Å². The minimum absolute atomic E-state index is 0. The Morgan fingerprint density at radius 3 is 1.04 bits per heavy atom. The molecule has 4 heterocycles. The van der Waals surface area contributed by atoms with E-state index in [1.165, 1.54) is 33.4 Å². The minimum Gasteiger partial charge on any atom is -0.393 e.